The Hall–Kier alpha value is -1.62. The van der Waals surface area contributed by atoms with E-state index >= 15 is 0 Å². The Morgan fingerprint density at radius 2 is 2.05 bits per heavy atom. The molecule has 0 aliphatic carbocycles. The van der Waals surface area contributed by atoms with E-state index in [1.165, 1.54) is 0 Å². The molecule has 5 heteroatoms. The van der Waals surface area contributed by atoms with Crippen LogP contribution in [-0.2, 0) is 0 Å². The Balaban J connectivity index is 2.74. The lowest BCUT2D eigenvalue weighted by molar-refractivity contribution is 0.0945. The number of carbonyl (C=O) groups is 1. The number of nitrogens with zero attached hydrogens (tertiary/aromatic N) is 1. The van der Waals surface area contributed by atoms with Gasteiger partial charge in [-0.25, -0.2) is 0 Å². The normalized spacial score (nSPS) is 10.9. The van der Waals surface area contributed by atoms with Crippen molar-refractivity contribution < 1.29 is 4.79 Å². The molecule has 0 atom stereocenters. The number of anilines is 1. The second-order valence-electron chi connectivity index (χ2n) is 5.38. The topological polar surface area (TPSA) is 58.4 Å². The van der Waals surface area contributed by atoms with E-state index in [9.17, 15) is 4.79 Å². The van der Waals surface area contributed by atoms with Crippen LogP contribution in [0.15, 0.2) is 24.3 Å². The molecular weight excluding hydrogens is 258 g/mol. The average Bonchev–Trinajstić information content (AvgIpc) is 2.36. The van der Waals surface area contributed by atoms with Crippen molar-refractivity contribution in [2.24, 2.45) is 11.1 Å². The fourth-order valence-electron chi connectivity index (χ4n) is 1.42. The highest BCUT2D eigenvalue weighted by Gasteiger charge is 2.22. The lowest BCUT2D eigenvalue weighted by Crippen LogP contribution is -2.41. The minimum Gasteiger partial charge on any atom is -0.393 e. The summed E-state index contributed by atoms with van der Waals surface area (Å²) in [6.07, 6.45) is 0. The number of rotatable bonds is 5. The maximum Gasteiger partial charge on any atom is 0.251 e. The predicted octanol–water partition coefficient (Wildman–Crippen LogP) is 1.79. The van der Waals surface area contributed by atoms with Gasteiger partial charge in [0, 0.05) is 37.3 Å². The summed E-state index contributed by atoms with van der Waals surface area (Å²) < 4.78 is 0. The highest BCUT2D eigenvalue weighted by Crippen LogP contribution is 2.16. The number of hydrogen-bond donors (Lipinski definition) is 2. The van der Waals surface area contributed by atoms with Gasteiger partial charge in [-0.1, -0.05) is 32.1 Å². The van der Waals surface area contributed by atoms with Gasteiger partial charge in [-0.15, -0.1) is 0 Å². The molecule has 0 saturated carbocycles. The van der Waals surface area contributed by atoms with Gasteiger partial charge in [-0.05, 0) is 18.2 Å². The molecule has 0 heterocycles. The second kappa shape index (κ2) is 6.02. The van der Waals surface area contributed by atoms with Crippen molar-refractivity contribution in [2.45, 2.75) is 13.8 Å². The SMILES string of the molecule is CN(C)c1cccc(C(=O)NCC(C)(C)C(N)=S)c1. The van der Waals surface area contributed by atoms with Crippen LogP contribution in [0.1, 0.15) is 24.2 Å². The van der Waals surface area contributed by atoms with Crippen molar-refractivity contribution in [3.8, 4) is 0 Å². The summed E-state index contributed by atoms with van der Waals surface area (Å²) in [6, 6.07) is 7.46. The first-order valence-electron chi connectivity index (χ1n) is 6.09. The molecule has 1 aromatic carbocycles. The highest BCUT2D eigenvalue weighted by molar-refractivity contribution is 7.80. The van der Waals surface area contributed by atoms with Crippen molar-refractivity contribution in [3.05, 3.63) is 29.8 Å². The number of benzene rings is 1. The quantitative estimate of drug-likeness (QED) is 0.807. The summed E-state index contributed by atoms with van der Waals surface area (Å²) in [4.78, 5) is 14.4. The highest BCUT2D eigenvalue weighted by atomic mass is 32.1. The monoisotopic (exact) mass is 279 g/mol. The molecule has 0 saturated heterocycles. The van der Waals surface area contributed by atoms with Crippen LogP contribution >= 0.6 is 12.2 Å². The molecule has 0 fully saturated rings. The number of thiocarbonyl (C=S) groups is 1. The number of amides is 1. The van der Waals surface area contributed by atoms with Crippen LogP contribution in [0.4, 0.5) is 5.69 Å². The van der Waals surface area contributed by atoms with E-state index in [-0.39, 0.29) is 11.3 Å². The number of hydrogen-bond acceptors (Lipinski definition) is 3. The van der Waals surface area contributed by atoms with Crippen LogP contribution in [0.5, 0.6) is 0 Å². The van der Waals surface area contributed by atoms with E-state index in [0.29, 0.717) is 17.1 Å². The Kier molecular flexibility index (Phi) is 4.89. The molecule has 0 spiro atoms. The summed E-state index contributed by atoms with van der Waals surface area (Å²) in [5.74, 6) is -0.118. The van der Waals surface area contributed by atoms with Gasteiger partial charge in [-0.3, -0.25) is 4.79 Å². The third-order valence-corrected chi connectivity index (χ3v) is 3.54. The Bertz CT molecular complexity index is 483. The second-order valence-corrected chi connectivity index (χ2v) is 5.82. The third-order valence-electron chi connectivity index (χ3n) is 2.98. The Morgan fingerprint density at radius 3 is 2.58 bits per heavy atom. The van der Waals surface area contributed by atoms with Gasteiger partial charge in [0.25, 0.3) is 5.91 Å². The zero-order valence-corrected chi connectivity index (χ0v) is 12.7. The van der Waals surface area contributed by atoms with Gasteiger partial charge < -0.3 is 16.0 Å². The van der Waals surface area contributed by atoms with Gasteiger partial charge in [-0.2, -0.15) is 0 Å². The molecule has 1 amide bonds. The smallest absolute Gasteiger partial charge is 0.251 e. The molecule has 3 N–H and O–H groups in total. The van der Waals surface area contributed by atoms with Crippen molar-refractivity contribution in [1.82, 2.24) is 5.32 Å². The molecule has 0 radical (unpaired) electrons. The molecule has 0 aliphatic rings. The first-order chi connectivity index (χ1) is 8.74. The first kappa shape index (κ1) is 15.4. The van der Waals surface area contributed by atoms with Crippen LogP contribution < -0.4 is 16.0 Å². The Labute approximate surface area is 120 Å². The Morgan fingerprint density at radius 1 is 1.42 bits per heavy atom. The average molecular weight is 279 g/mol. The third kappa shape index (κ3) is 4.21. The lowest BCUT2D eigenvalue weighted by Gasteiger charge is -2.23. The lowest BCUT2D eigenvalue weighted by atomic mass is 9.93. The minimum absolute atomic E-state index is 0.118. The largest absolute Gasteiger partial charge is 0.393 e. The zero-order valence-electron chi connectivity index (χ0n) is 11.9. The molecule has 0 unspecified atom stereocenters. The molecule has 104 valence electrons. The number of nitrogens with two attached hydrogens (primary N) is 1. The van der Waals surface area contributed by atoms with E-state index in [0.717, 1.165) is 5.69 Å². The van der Waals surface area contributed by atoms with Crippen molar-refractivity contribution in [1.29, 1.82) is 0 Å². The van der Waals surface area contributed by atoms with Gasteiger partial charge in [0.15, 0.2) is 0 Å². The van der Waals surface area contributed by atoms with Crippen molar-refractivity contribution >= 4 is 28.8 Å². The van der Waals surface area contributed by atoms with Crippen LogP contribution in [0.2, 0.25) is 0 Å². The molecule has 0 bridgehead atoms. The molecule has 4 nitrogen and oxygen atoms in total. The summed E-state index contributed by atoms with van der Waals surface area (Å²) >= 11 is 4.98. The molecular formula is C14H21N3OS. The van der Waals surface area contributed by atoms with E-state index < -0.39 is 0 Å². The number of nitrogens with one attached hydrogen (secondary N) is 1. The van der Waals surface area contributed by atoms with E-state index in [2.05, 4.69) is 5.32 Å². The van der Waals surface area contributed by atoms with Crippen LogP contribution in [-0.4, -0.2) is 31.5 Å². The predicted molar refractivity (Wildman–Crippen MR) is 83.7 cm³/mol. The van der Waals surface area contributed by atoms with Crippen LogP contribution in [0.3, 0.4) is 0 Å². The first-order valence-corrected chi connectivity index (χ1v) is 6.50. The van der Waals surface area contributed by atoms with Crippen molar-refractivity contribution in [2.75, 3.05) is 25.5 Å². The molecule has 19 heavy (non-hydrogen) atoms. The molecule has 0 aliphatic heterocycles. The fourth-order valence-corrected chi connectivity index (χ4v) is 1.49. The van der Waals surface area contributed by atoms with E-state index in [4.69, 9.17) is 18.0 Å². The number of carbonyl (C=O) groups excluding carboxylic acids is 1. The standard InChI is InChI=1S/C14H21N3OS/c1-14(2,13(15)19)9-16-12(18)10-6-5-7-11(8-10)17(3)4/h5-8H,9H2,1-4H3,(H2,15,19)(H,16,18). The van der Waals surface area contributed by atoms with Crippen LogP contribution in [0.25, 0.3) is 0 Å². The van der Waals surface area contributed by atoms with Crippen molar-refractivity contribution in [3.63, 3.8) is 0 Å². The summed E-state index contributed by atoms with van der Waals surface area (Å²) in [7, 11) is 3.87. The van der Waals surface area contributed by atoms with Gasteiger partial charge in [0.1, 0.15) is 0 Å². The molecule has 0 aromatic heterocycles. The van der Waals surface area contributed by atoms with E-state index in [1.807, 2.05) is 51.0 Å². The zero-order chi connectivity index (χ0) is 14.6. The fraction of sp³-hybridized carbons (Fsp3) is 0.429. The summed E-state index contributed by atoms with van der Waals surface area (Å²) in [5, 5.41) is 2.86. The molecule has 1 rings (SSSR count). The summed E-state index contributed by atoms with van der Waals surface area (Å²) in [5.41, 5.74) is 6.86. The van der Waals surface area contributed by atoms with Gasteiger partial charge in [0.05, 0.1) is 4.99 Å². The van der Waals surface area contributed by atoms with Gasteiger partial charge in [0.2, 0.25) is 0 Å². The summed E-state index contributed by atoms with van der Waals surface area (Å²) in [6.45, 7) is 4.24. The maximum atomic E-state index is 12.1. The molecule has 1 aromatic rings. The van der Waals surface area contributed by atoms with Crippen LogP contribution in [0, 0.1) is 5.41 Å². The minimum atomic E-state index is -0.385. The van der Waals surface area contributed by atoms with E-state index in [1.54, 1.807) is 6.07 Å². The van der Waals surface area contributed by atoms with Gasteiger partial charge >= 0.3 is 0 Å². The maximum absolute atomic E-state index is 12.1.